The summed E-state index contributed by atoms with van der Waals surface area (Å²) in [5, 5.41) is 3.67. The lowest BCUT2D eigenvalue weighted by Crippen LogP contribution is -2.54. The number of aliphatic imine (C=N–C) groups is 1. The fraction of sp³-hybridized carbons (Fsp3) is 0.696. The van der Waals surface area contributed by atoms with Gasteiger partial charge < -0.3 is 15.1 Å². The van der Waals surface area contributed by atoms with Crippen molar-refractivity contribution in [1.82, 2.24) is 20.0 Å². The Balaban J connectivity index is 0.00000300. The minimum Gasteiger partial charge on any atom is -0.356 e. The van der Waals surface area contributed by atoms with Crippen LogP contribution in [0.15, 0.2) is 35.3 Å². The van der Waals surface area contributed by atoms with Crippen molar-refractivity contribution in [3.63, 3.8) is 0 Å². The van der Waals surface area contributed by atoms with Gasteiger partial charge in [-0.15, -0.1) is 24.0 Å². The summed E-state index contributed by atoms with van der Waals surface area (Å²) in [5.41, 5.74) is 1.44. The maximum Gasteiger partial charge on any atom is 0.193 e. The number of piperidine rings is 1. The molecule has 2 atom stereocenters. The number of rotatable bonds is 6. The van der Waals surface area contributed by atoms with E-state index in [2.05, 4.69) is 69.2 Å². The molecule has 0 bridgehead atoms. The molecule has 29 heavy (non-hydrogen) atoms. The topological polar surface area (TPSA) is 34.1 Å². The van der Waals surface area contributed by atoms with Gasteiger partial charge in [0.15, 0.2) is 5.96 Å². The molecular weight excluding hydrogens is 473 g/mol. The standard InChI is InChI=1S/C23H39N5.HI/c1-4-22(21-11-7-6-8-12-21)27-14-16-28(17-15-27)23(24-3)25-18-20-10-9-13-26(5-2)19-20;/h6-8,11-12,20,22H,4-5,9-10,13-19H2,1-3H3,(H,24,25);1H. The maximum absolute atomic E-state index is 4.58. The molecule has 164 valence electrons. The highest BCUT2D eigenvalue weighted by Crippen LogP contribution is 2.25. The van der Waals surface area contributed by atoms with E-state index in [0.717, 1.165) is 51.0 Å². The monoisotopic (exact) mass is 513 g/mol. The number of nitrogens with one attached hydrogen (secondary N) is 1. The molecule has 2 fully saturated rings. The lowest BCUT2D eigenvalue weighted by molar-refractivity contribution is 0.126. The molecule has 3 rings (SSSR count). The smallest absolute Gasteiger partial charge is 0.193 e. The first-order valence-corrected chi connectivity index (χ1v) is 11.2. The maximum atomic E-state index is 4.58. The van der Waals surface area contributed by atoms with Crippen molar-refractivity contribution in [1.29, 1.82) is 0 Å². The van der Waals surface area contributed by atoms with Gasteiger partial charge in [0.2, 0.25) is 0 Å². The van der Waals surface area contributed by atoms with Crippen LogP contribution < -0.4 is 5.32 Å². The molecule has 2 saturated heterocycles. The Morgan fingerprint density at radius 2 is 1.83 bits per heavy atom. The van der Waals surface area contributed by atoms with E-state index < -0.39 is 0 Å². The Morgan fingerprint density at radius 1 is 1.10 bits per heavy atom. The Kier molecular flexibility index (Phi) is 10.7. The Hall–Kier alpha value is -0.860. The summed E-state index contributed by atoms with van der Waals surface area (Å²) >= 11 is 0. The van der Waals surface area contributed by atoms with E-state index >= 15 is 0 Å². The van der Waals surface area contributed by atoms with Gasteiger partial charge in [0.1, 0.15) is 0 Å². The van der Waals surface area contributed by atoms with Gasteiger partial charge in [-0.2, -0.15) is 0 Å². The third kappa shape index (κ3) is 6.82. The second-order valence-corrected chi connectivity index (χ2v) is 8.19. The van der Waals surface area contributed by atoms with Gasteiger partial charge in [-0.1, -0.05) is 44.2 Å². The predicted octanol–water partition coefficient (Wildman–Crippen LogP) is 3.68. The molecule has 5 nitrogen and oxygen atoms in total. The number of piperazine rings is 1. The van der Waals surface area contributed by atoms with Crippen LogP contribution in [0.3, 0.4) is 0 Å². The normalized spacial score (nSPS) is 22.8. The Morgan fingerprint density at radius 3 is 2.45 bits per heavy atom. The first-order valence-electron chi connectivity index (χ1n) is 11.2. The molecule has 1 N–H and O–H groups in total. The number of hydrogen-bond acceptors (Lipinski definition) is 3. The van der Waals surface area contributed by atoms with Crippen molar-refractivity contribution in [2.24, 2.45) is 10.9 Å². The third-order valence-corrected chi connectivity index (χ3v) is 6.44. The lowest BCUT2D eigenvalue weighted by Gasteiger charge is -2.41. The molecule has 2 heterocycles. The molecule has 2 unspecified atom stereocenters. The van der Waals surface area contributed by atoms with Crippen molar-refractivity contribution >= 4 is 29.9 Å². The van der Waals surface area contributed by atoms with Gasteiger partial charge in [-0.25, -0.2) is 0 Å². The molecule has 0 amide bonds. The van der Waals surface area contributed by atoms with Gasteiger partial charge >= 0.3 is 0 Å². The minimum atomic E-state index is 0. The summed E-state index contributed by atoms with van der Waals surface area (Å²) in [5.74, 6) is 1.83. The largest absolute Gasteiger partial charge is 0.356 e. The van der Waals surface area contributed by atoms with Gasteiger partial charge in [-0.05, 0) is 43.8 Å². The number of guanidine groups is 1. The van der Waals surface area contributed by atoms with Crippen molar-refractivity contribution < 1.29 is 0 Å². The van der Waals surface area contributed by atoms with Crippen LogP contribution in [-0.4, -0.2) is 80.1 Å². The molecule has 2 aliphatic rings. The van der Waals surface area contributed by atoms with E-state index in [-0.39, 0.29) is 24.0 Å². The zero-order chi connectivity index (χ0) is 19.8. The SMILES string of the molecule is CCC(c1ccccc1)N1CCN(C(=NC)NCC2CCCN(CC)C2)CC1.I. The number of halogens is 1. The summed E-state index contributed by atoms with van der Waals surface area (Å²) in [6, 6.07) is 11.5. The summed E-state index contributed by atoms with van der Waals surface area (Å²) < 4.78 is 0. The average Bonchev–Trinajstić information content (AvgIpc) is 2.76. The Bertz CT molecular complexity index is 601. The zero-order valence-corrected chi connectivity index (χ0v) is 20.8. The number of nitrogens with zero attached hydrogens (tertiary/aromatic N) is 4. The highest BCUT2D eigenvalue weighted by atomic mass is 127. The van der Waals surface area contributed by atoms with Gasteiger partial charge in [-0.3, -0.25) is 9.89 Å². The van der Waals surface area contributed by atoms with E-state index in [0.29, 0.717) is 6.04 Å². The fourth-order valence-corrected chi connectivity index (χ4v) is 4.80. The van der Waals surface area contributed by atoms with Gasteiger partial charge in [0, 0.05) is 52.4 Å². The van der Waals surface area contributed by atoms with Gasteiger partial charge in [0.05, 0.1) is 0 Å². The van der Waals surface area contributed by atoms with Gasteiger partial charge in [0.25, 0.3) is 0 Å². The van der Waals surface area contributed by atoms with Crippen LogP contribution in [0.1, 0.15) is 44.7 Å². The Labute approximate surface area is 194 Å². The van der Waals surface area contributed by atoms with Crippen LogP contribution in [0.2, 0.25) is 0 Å². The number of likely N-dealkylation sites (tertiary alicyclic amines) is 1. The van der Waals surface area contributed by atoms with E-state index in [1.807, 2.05) is 7.05 Å². The first-order chi connectivity index (χ1) is 13.7. The van der Waals surface area contributed by atoms with Crippen LogP contribution in [0.4, 0.5) is 0 Å². The molecule has 1 aromatic rings. The van der Waals surface area contributed by atoms with Crippen LogP contribution in [-0.2, 0) is 0 Å². The first kappa shape index (κ1) is 24.4. The second-order valence-electron chi connectivity index (χ2n) is 8.19. The average molecular weight is 514 g/mol. The molecule has 0 spiro atoms. The van der Waals surface area contributed by atoms with Crippen molar-refractivity contribution in [2.75, 3.05) is 59.4 Å². The predicted molar refractivity (Wildman–Crippen MR) is 134 cm³/mol. The highest BCUT2D eigenvalue weighted by molar-refractivity contribution is 14.0. The highest BCUT2D eigenvalue weighted by Gasteiger charge is 2.26. The van der Waals surface area contributed by atoms with Crippen LogP contribution >= 0.6 is 24.0 Å². The van der Waals surface area contributed by atoms with E-state index in [9.17, 15) is 0 Å². The molecule has 0 aromatic heterocycles. The quantitative estimate of drug-likeness (QED) is 0.358. The van der Waals surface area contributed by atoms with Crippen LogP contribution in [0, 0.1) is 5.92 Å². The molecular formula is C23H40IN5. The fourth-order valence-electron chi connectivity index (χ4n) is 4.80. The van der Waals surface area contributed by atoms with Crippen molar-refractivity contribution in [3.8, 4) is 0 Å². The molecule has 6 heteroatoms. The number of benzene rings is 1. The molecule has 1 aromatic carbocycles. The van der Waals surface area contributed by atoms with Crippen LogP contribution in [0.25, 0.3) is 0 Å². The van der Waals surface area contributed by atoms with Crippen molar-refractivity contribution in [2.45, 2.75) is 39.2 Å². The summed E-state index contributed by atoms with van der Waals surface area (Å²) in [4.78, 5) is 12.2. The van der Waals surface area contributed by atoms with Crippen LogP contribution in [0.5, 0.6) is 0 Å². The zero-order valence-electron chi connectivity index (χ0n) is 18.5. The lowest BCUT2D eigenvalue weighted by atomic mass is 9.98. The van der Waals surface area contributed by atoms with E-state index in [4.69, 9.17) is 0 Å². The second kappa shape index (κ2) is 12.7. The minimum absolute atomic E-state index is 0. The number of hydrogen-bond donors (Lipinski definition) is 1. The summed E-state index contributed by atoms with van der Waals surface area (Å²) in [7, 11) is 1.92. The van der Waals surface area contributed by atoms with E-state index in [1.165, 1.54) is 38.0 Å². The summed E-state index contributed by atoms with van der Waals surface area (Å²) in [6.07, 6.45) is 3.82. The molecule has 0 saturated carbocycles. The molecule has 0 aliphatic carbocycles. The third-order valence-electron chi connectivity index (χ3n) is 6.44. The summed E-state index contributed by atoms with van der Waals surface area (Å²) in [6.45, 7) is 13.6. The van der Waals surface area contributed by atoms with Crippen molar-refractivity contribution in [3.05, 3.63) is 35.9 Å². The molecule has 2 aliphatic heterocycles. The molecule has 0 radical (unpaired) electrons. The van der Waals surface area contributed by atoms with E-state index in [1.54, 1.807) is 0 Å².